The number of unbranched alkanes of at least 4 members (excludes halogenated alkanes) is 5. The lowest BCUT2D eigenvalue weighted by molar-refractivity contribution is -0.141. The number of hydrogen-bond donors (Lipinski definition) is 12. The lowest BCUT2D eigenvalue weighted by Crippen LogP contribution is -2.53. The third kappa shape index (κ3) is 28.9. The van der Waals surface area contributed by atoms with Crippen molar-refractivity contribution in [2.24, 2.45) is 17.8 Å². The molecule has 3 saturated heterocycles. The predicted octanol–water partition coefficient (Wildman–Crippen LogP) is 0.488. The summed E-state index contributed by atoms with van der Waals surface area (Å²) in [6, 6.07) is 0.00437. The Morgan fingerprint density at radius 2 is 0.793 bits per heavy atom. The summed E-state index contributed by atoms with van der Waals surface area (Å²) in [5.74, 6) is -2.78. The smallest absolute Gasteiger partial charge is 0.317 e. The van der Waals surface area contributed by atoms with E-state index in [9.17, 15) is 74.4 Å². The lowest BCUT2D eigenvalue weighted by atomic mass is 9.81. The van der Waals surface area contributed by atoms with E-state index < -0.39 is 23.9 Å². The van der Waals surface area contributed by atoms with E-state index in [1.54, 1.807) is 0 Å². The van der Waals surface area contributed by atoms with E-state index in [0.717, 1.165) is 142 Å². The van der Waals surface area contributed by atoms with Gasteiger partial charge in [0, 0.05) is 129 Å². The monoisotopic (exact) mass is 1310 g/mol. The molecule has 0 bridgehead atoms. The number of rotatable bonds is 35. The standard InChI is InChI=1S/C64H117N13O15/c78-45-70-25-27-72(47-80)33-35-76(43-61(88)89)54(39-74(31-29-70)41-59(84)85)37-49-12-17-52(18-13-49)65-57(82)10-3-1-6-22-69(24-8-5-9-51-16-21-56-63(51)68-64(92)67-56)23-7-2-4-11-58(83)66-53-19-14-50(15-20-53)38-55-40-75(42-60(86)87)32-30-71(46-79)26-28-73(48-81)34-36-77(55)44-62(90)91/h49-56,63,78-81H,1-48H2,(H,65,82)(H,66,83)(H,84,85)(H,86,87)(H,88,89)(H,90,91)(H2,67,68,92). The molecular formula is C64H117N13O15. The summed E-state index contributed by atoms with van der Waals surface area (Å²) in [4.78, 5) is 104. The Morgan fingerprint density at radius 3 is 1.17 bits per heavy atom. The average Bonchev–Trinajstić information content (AvgIpc) is 1.68. The van der Waals surface area contributed by atoms with Gasteiger partial charge in [-0.3, -0.25) is 68.0 Å². The van der Waals surface area contributed by atoms with Crippen LogP contribution in [0.4, 0.5) is 4.79 Å². The Morgan fingerprint density at radius 1 is 0.424 bits per heavy atom. The maximum Gasteiger partial charge on any atom is 0.317 e. The zero-order chi connectivity index (χ0) is 66.2. The van der Waals surface area contributed by atoms with Crippen LogP contribution < -0.4 is 21.3 Å². The number of urea groups is 1. The molecule has 12 N–H and O–H groups in total. The Hall–Kier alpha value is -4.43. The van der Waals surface area contributed by atoms with Crippen molar-refractivity contribution in [3.05, 3.63) is 0 Å². The van der Waals surface area contributed by atoms with Crippen LogP contribution in [0.5, 0.6) is 0 Å². The van der Waals surface area contributed by atoms with Crippen molar-refractivity contribution in [3.8, 4) is 0 Å². The van der Waals surface area contributed by atoms with E-state index >= 15 is 0 Å². The van der Waals surface area contributed by atoms with Crippen molar-refractivity contribution in [1.29, 1.82) is 0 Å². The molecule has 528 valence electrons. The zero-order valence-electron chi connectivity index (χ0n) is 55.1. The highest BCUT2D eigenvalue weighted by atomic mass is 16.4. The first-order valence-electron chi connectivity index (χ1n) is 34.9. The predicted molar refractivity (Wildman–Crippen MR) is 345 cm³/mol. The number of aliphatic hydroxyl groups excluding tert-OH is 4. The molecule has 0 spiro atoms. The fraction of sp³-hybridized carbons (Fsp3) is 0.891. The van der Waals surface area contributed by atoms with E-state index in [0.29, 0.717) is 123 Å². The first kappa shape index (κ1) is 76.6. The number of carbonyl (C=O) groups excluding carboxylic acids is 3. The summed E-state index contributed by atoms with van der Waals surface area (Å²) in [6.45, 7) is 7.00. The second-order valence-electron chi connectivity index (χ2n) is 27.4. The fourth-order valence-corrected chi connectivity index (χ4v) is 15.2. The molecule has 0 aromatic carbocycles. The number of carboxylic acid groups (broad SMARTS) is 4. The molecule has 3 aliphatic carbocycles. The van der Waals surface area contributed by atoms with Gasteiger partial charge in [-0.2, -0.15) is 0 Å². The number of aliphatic carboxylic acids is 4. The zero-order valence-corrected chi connectivity index (χ0v) is 55.1. The number of hydrogen-bond acceptors (Lipinski definition) is 20. The highest BCUT2D eigenvalue weighted by Crippen LogP contribution is 2.34. The van der Waals surface area contributed by atoms with Gasteiger partial charge in [-0.05, 0) is 153 Å². The molecule has 5 unspecified atom stereocenters. The molecule has 5 atom stereocenters. The molecule has 0 aromatic heterocycles. The number of carboxylic acids is 4. The summed E-state index contributed by atoms with van der Waals surface area (Å²) >= 11 is 0. The van der Waals surface area contributed by atoms with Crippen LogP contribution in [0, 0.1) is 17.8 Å². The minimum atomic E-state index is -0.974. The van der Waals surface area contributed by atoms with E-state index in [-0.39, 0.29) is 119 Å². The summed E-state index contributed by atoms with van der Waals surface area (Å²) < 4.78 is 0. The molecule has 6 fully saturated rings. The van der Waals surface area contributed by atoms with Crippen LogP contribution in [0.15, 0.2) is 0 Å². The van der Waals surface area contributed by atoms with Gasteiger partial charge in [0.25, 0.3) is 0 Å². The second kappa shape index (κ2) is 42.2. The summed E-state index contributed by atoms with van der Waals surface area (Å²) in [6.07, 6.45) is 19.6. The van der Waals surface area contributed by atoms with Crippen molar-refractivity contribution < 1.29 is 74.4 Å². The topological polar surface area (TPSA) is 359 Å². The highest BCUT2D eigenvalue weighted by Gasteiger charge is 2.42. The van der Waals surface area contributed by atoms with Crippen molar-refractivity contribution >= 4 is 41.7 Å². The van der Waals surface area contributed by atoms with Gasteiger partial charge in [0.2, 0.25) is 11.8 Å². The van der Waals surface area contributed by atoms with Gasteiger partial charge >= 0.3 is 29.9 Å². The molecule has 6 aliphatic rings. The van der Waals surface area contributed by atoms with E-state index in [1.807, 2.05) is 39.2 Å². The third-order valence-corrected chi connectivity index (χ3v) is 20.6. The van der Waals surface area contributed by atoms with Crippen LogP contribution in [-0.2, 0) is 28.8 Å². The van der Waals surface area contributed by atoms with Gasteiger partial charge in [0.1, 0.15) is 0 Å². The number of fused-ring (bicyclic) bond motifs is 1. The molecule has 3 saturated carbocycles. The van der Waals surface area contributed by atoms with Gasteiger partial charge in [-0.25, -0.2) is 4.79 Å². The van der Waals surface area contributed by atoms with Crippen molar-refractivity contribution in [3.63, 3.8) is 0 Å². The molecule has 0 radical (unpaired) electrons. The van der Waals surface area contributed by atoms with E-state index in [4.69, 9.17) is 0 Å². The first-order chi connectivity index (χ1) is 44.4. The normalized spacial score (nSPS) is 27.4. The maximum absolute atomic E-state index is 13.3. The molecule has 0 aromatic rings. The first-order valence-corrected chi connectivity index (χ1v) is 34.9. The lowest BCUT2D eigenvalue weighted by Gasteiger charge is -2.40. The molecule has 3 aliphatic heterocycles. The summed E-state index contributed by atoms with van der Waals surface area (Å²) in [7, 11) is 0. The summed E-state index contributed by atoms with van der Waals surface area (Å²) in [5, 5.41) is 92.5. The third-order valence-electron chi connectivity index (χ3n) is 20.6. The highest BCUT2D eigenvalue weighted by molar-refractivity contribution is 5.78. The Bertz CT molecular complexity index is 2080. The maximum atomic E-state index is 13.3. The van der Waals surface area contributed by atoms with Gasteiger partial charge in [-0.1, -0.05) is 19.3 Å². The number of nitrogens with one attached hydrogen (secondary N) is 4. The molecule has 4 amide bonds. The fourth-order valence-electron chi connectivity index (χ4n) is 15.2. The molecular weight excluding hydrogens is 1190 g/mol. The van der Waals surface area contributed by atoms with Crippen LogP contribution in [0.2, 0.25) is 0 Å². The van der Waals surface area contributed by atoms with Gasteiger partial charge < -0.3 is 67.0 Å². The molecule has 3 heterocycles. The molecule has 28 heteroatoms. The van der Waals surface area contributed by atoms with Crippen molar-refractivity contribution in [2.45, 2.75) is 184 Å². The molecule has 6 rings (SSSR count). The second-order valence-corrected chi connectivity index (χ2v) is 27.4. The van der Waals surface area contributed by atoms with Crippen LogP contribution in [0.25, 0.3) is 0 Å². The number of amides is 4. The molecule has 28 nitrogen and oxygen atoms in total. The Balaban J connectivity index is 0.918. The SMILES string of the molecule is O=C(O)CN1CCN(CO)CCN(CO)CCN(CC(=O)O)C(CC2CCC(NC(=O)CCCCCN(CCCCCC(=O)NC3CCC(CC4CN(CC(=O)O)CCN(CO)CCN(CO)CCN4CC(=O)O)CC3)CCCCC3CCC4NC(=O)NC34)CC2)C1. The minimum absolute atomic E-state index is 0.0527. The van der Waals surface area contributed by atoms with E-state index in [1.165, 1.54) is 0 Å². The van der Waals surface area contributed by atoms with Crippen LogP contribution in [0.3, 0.4) is 0 Å². The number of carbonyl (C=O) groups is 7. The Labute approximate surface area is 545 Å². The average molecular weight is 1310 g/mol. The minimum Gasteiger partial charge on any atom is -0.480 e. The number of nitrogens with zero attached hydrogens (tertiary/aromatic N) is 9. The largest absolute Gasteiger partial charge is 0.480 e. The van der Waals surface area contributed by atoms with Crippen molar-refractivity contribution in [2.75, 3.05) is 164 Å². The Kier molecular flexibility index (Phi) is 35.1. The van der Waals surface area contributed by atoms with Crippen LogP contribution >= 0.6 is 0 Å². The van der Waals surface area contributed by atoms with Gasteiger partial charge in [0.05, 0.1) is 65.2 Å². The summed E-state index contributed by atoms with van der Waals surface area (Å²) in [5.41, 5.74) is 0. The molecule has 92 heavy (non-hydrogen) atoms. The van der Waals surface area contributed by atoms with E-state index in [2.05, 4.69) is 26.2 Å². The van der Waals surface area contributed by atoms with Gasteiger partial charge in [-0.15, -0.1) is 0 Å². The van der Waals surface area contributed by atoms with Crippen LogP contribution in [0.1, 0.15) is 148 Å². The van der Waals surface area contributed by atoms with Crippen molar-refractivity contribution in [1.82, 2.24) is 65.4 Å². The number of aliphatic hydroxyl groups is 4. The van der Waals surface area contributed by atoms with Gasteiger partial charge in [0.15, 0.2) is 0 Å². The quantitative estimate of drug-likeness (QED) is 0.0384. The van der Waals surface area contributed by atoms with Crippen LogP contribution in [-0.4, -0.2) is 327 Å².